The van der Waals surface area contributed by atoms with Crippen molar-refractivity contribution in [2.24, 2.45) is 0 Å². The lowest BCUT2D eigenvalue weighted by Gasteiger charge is -2.18. The molecule has 0 saturated carbocycles. The number of nitrogens with one attached hydrogen (secondary N) is 1. The van der Waals surface area contributed by atoms with Crippen molar-refractivity contribution < 1.29 is 47.8 Å². The fourth-order valence-corrected chi connectivity index (χ4v) is 6.52. The minimum Gasteiger partial charge on any atom is -0.480 e. The Labute approximate surface area is 357 Å². The van der Waals surface area contributed by atoms with Crippen LogP contribution in [0.5, 0.6) is 0 Å². The van der Waals surface area contributed by atoms with Crippen LogP contribution in [0.3, 0.4) is 0 Å². The molecule has 59 heavy (non-hydrogen) atoms. The number of phosphoric ester groups is 1. The van der Waals surface area contributed by atoms with Gasteiger partial charge < -0.3 is 25.2 Å². The number of carbonyl (C=O) groups is 3. The molecule has 3 atom stereocenters. The summed E-state index contributed by atoms with van der Waals surface area (Å²) < 4.78 is 26.8. The van der Waals surface area contributed by atoms with E-state index in [1.54, 1.807) is 0 Å². The molecule has 0 aliphatic carbocycles. The Bertz CT molecular complexity index is 1280. The number of ether oxygens (including phenoxy) is 1. The second-order valence-electron chi connectivity index (χ2n) is 14.9. The standard InChI is InChI=1S/C47H80NO10P/c1-3-5-7-9-11-13-15-17-18-19-20-21-22-23-24-25-26-27-28-30-32-34-36-38-45(50)48-44(47(52)53)42-58-59(54,55)57-41-43(49)40-56-46(51)39-37-35-33-31-29-16-14-12-10-8-6-4-2/h5,7,11-14,17-18,20-21,23-24,43-44,49H,3-4,6,8-10,15-16,19,22,25-42H2,1-2H3,(H,48,50)(H,52,53)(H,54,55)/b7-5-,13-11-,14-12-,18-17-,21-20-,24-23-. The van der Waals surface area contributed by atoms with Gasteiger partial charge >= 0.3 is 19.8 Å². The molecular weight excluding hydrogens is 769 g/mol. The maximum Gasteiger partial charge on any atom is 0.472 e. The number of unbranched alkanes of at least 4 members (excludes halogenated alkanes) is 15. The lowest BCUT2D eigenvalue weighted by atomic mass is 10.1. The average molecular weight is 850 g/mol. The molecule has 0 aromatic heterocycles. The fourth-order valence-electron chi connectivity index (χ4n) is 5.75. The van der Waals surface area contributed by atoms with Crippen molar-refractivity contribution in [1.29, 1.82) is 0 Å². The number of aliphatic carboxylic acids is 1. The first kappa shape index (κ1) is 55.9. The van der Waals surface area contributed by atoms with E-state index in [-0.39, 0.29) is 12.8 Å². The van der Waals surface area contributed by atoms with E-state index in [2.05, 4.69) is 92.1 Å². The van der Waals surface area contributed by atoms with E-state index < -0.39 is 57.6 Å². The molecule has 11 nitrogen and oxygen atoms in total. The van der Waals surface area contributed by atoms with Crippen molar-refractivity contribution in [2.45, 2.75) is 187 Å². The number of esters is 1. The lowest BCUT2D eigenvalue weighted by Crippen LogP contribution is -2.43. The third kappa shape index (κ3) is 41.4. The minimum atomic E-state index is -4.76. The van der Waals surface area contributed by atoms with Crippen molar-refractivity contribution in [3.05, 3.63) is 72.9 Å². The van der Waals surface area contributed by atoms with Gasteiger partial charge in [0.25, 0.3) is 0 Å². The number of aliphatic hydroxyl groups excluding tert-OH is 1. The third-order valence-corrected chi connectivity index (χ3v) is 10.2. The summed E-state index contributed by atoms with van der Waals surface area (Å²) in [5, 5.41) is 21.8. The predicted molar refractivity (Wildman–Crippen MR) is 240 cm³/mol. The maximum atomic E-state index is 12.3. The zero-order chi connectivity index (χ0) is 43.5. The first-order valence-electron chi connectivity index (χ1n) is 22.5. The molecule has 0 bridgehead atoms. The van der Waals surface area contributed by atoms with Crippen molar-refractivity contribution in [3.63, 3.8) is 0 Å². The van der Waals surface area contributed by atoms with E-state index in [4.69, 9.17) is 13.8 Å². The molecule has 0 aliphatic heterocycles. The van der Waals surface area contributed by atoms with Gasteiger partial charge in [0.2, 0.25) is 5.91 Å². The number of rotatable bonds is 41. The van der Waals surface area contributed by atoms with Gasteiger partial charge in [0.15, 0.2) is 6.04 Å². The molecular formula is C47H80NO10P. The summed E-state index contributed by atoms with van der Waals surface area (Å²) in [6.45, 7) is 2.42. The highest BCUT2D eigenvalue weighted by Crippen LogP contribution is 2.43. The Kier molecular flexibility index (Phi) is 39.5. The van der Waals surface area contributed by atoms with Gasteiger partial charge in [-0.05, 0) is 83.5 Å². The summed E-state index contributed by atoms with van der Waals surface area (Å²) in [6, 6.07) is -1.56. The van der Waals surface area contributed by atoms with Gasteiger partial charge in [-0.3, -0.25) is 18.6 Å². The van der Waals surface area contributed by atoms with Crippen LogP contribution >= 0.6 is 7.82 Å². The second kappa shape index (κ2) is 41.6. The summed E-state index contributed by atoms with van der Waals surface area (Å²) in [5.41, 5.74) is 0. The van der Waals surface area contributed by atoms with Gasteiger partial charge in [-0.15, -0.1) is 0 Å². The van der Waals surface area contributed by atoms with Crippen LogP contribution in [0, 0.1) is 0 Å². The van der Waals surface area contributed by atoms with E-state index in [0.717, 1.165) is 116 Å². The van der Waals surface area contributed by atoms with Crippen LogP contribution in [0.25, 0.3) is 0 Å². The van der Waals surface area contributed by atoms with Gasteiger partial charge in [-0.1, -0.05) is 151 Å². The Hall–Kier alpha value is -3.08. The summed E-state index contributed by atoms with van der Waals surface area (Å²) in [6.07, 6.45) is 49.2. The van der Waals surface area contributed by atoms with Gasteiger partial charge in [-0.2, -0.15) is 0 Å². The van der Waals surface area contributed by atoms with Crippen LogP contribution in [0.1, 0.15) is 174 Å². The number of hydrogen-bond acceptors (Lipinski definition) is 8. The summed E-state index contributed by atoms with van der Waals surface area (Å²) in [4.78, 5) is 45.9. The van der Waals surface area contributed by atoms with E-state index >= 15 is 0 Å². The van der Waals surface area contributed by atoms with Crippen LogP contribution in [0.4, 0.5) is 0 Å². The molecule has 4 N–H and O–H groups in total. The molecule has 0 radical (unpaired) electrons. The normalized spacial score (nSPS) is 14.4. The molecule has 338 valence electrons. The number of carboxylic acid groups (broad SMARTS) is 1. The number of amides is 1. The second-order valence-corrected chi connectivity index (χ2v) is 16.3. The Balaban J connectivity index is 3.93. The van der Waals surface area contributed by atoms with E-state index in [0.29, 0.717) is 12.8 Å². The number of allylic oxidation sites excluding steroid dienone is 12. The molecule has 12 heteroatoms. The van der Waals surface area contributed by atoms with Crippen molar-refractivity contribution in [1.82, 2.24) is 5.32 Å². The monoisotopic (exact) mass is 850 g/mol. The van der Waals surface area contributed by atoms with E-state index in [9.17, 15) is 34.1 Å². The molecule has 0 fully saturated rings. The lowest BCUT2D eigenvalue weighted by molar-refractivity contribution is -0.147. The number of hydrogen-bond donors (Lipinski definition) is 4. The van der Waals surface area contributed by atoms with Crippen LogP contribution < -0.4 is 5.32 Å². The van der Waals surface area contributed by atoms with Crippen LogP contribution in [-0.4, -0.2) is 64.9 Å². The predicted octanol–water partition coefficient (Wildman–Crippen LogP) is 11.7. The van der Waals surface area contributed by atoms with Crippen molar-refractivity contribution >= 4 is 25.7 Å². The van der Waals surface area contributed by atoms with Crippen LogP contribution in [0.15, 0.2) is 72.9 Å². The smallest absolute Gasteiger partial charge is 0.472 e. The van der Waals surface area contributed by atoms with Gasteiger partial charge in [0.1, 0.15) is 12.7 Å². The first-order chi connectivity index (χ1) is 28.6. The molecule has 3 unspecified atom stereocenters. The molecule has 0 saturated heterocycles. The molecule has 0 spiro atoms. The molecule has 0 aliphatic rings. The quantitative estimate of drug-likeness (QED) is 0.0201. The van der Waals surface area contributed by atoms with E-state index in [1.165, 1.54) is 19.3 Å². The average Bonchev–Trinajstić information content (AvgIpc) is 3.21. The van der Waals surface area contributed by atoms with Crippen molar-refractivity contribution in [2.75, 3.05) is 19.8 Å². The largest absolute Gasteiger partial charge is 0.480 e. The van der Waals surface area contributed by atoms with Crippen molar-refractivity contribution in [3.8, 4) is 0 Å². The fraction of sp³-hybridized carbons (Fsp3) is 0.681. The topological polar surface area (TPSA) is 169 Å². The first-order valence-corrected chi connectivity index (χ1v) is 24.0. The summed E-state index contributed by atoms with van der Waals surface area (Å²) in [5.74, 6) is -2.41. The number of carbonyl (C=O) groups excluding carboxylic acids is 2. The maximum absolute atomic E-state index is 12.3. The highest BCUT2D eigenvalue weighted by Gasteiger charge is 2.28. The molecule has 0 rings (SSSR count). The van der Waals surface area contributed by atoms with Gasteiger partial charge in [0.05, 0.1) is 13.2 Å². The number of carboxylic acids is 1. The van der Waals surface area contributed by atoms with Crippen LogP contribution in [0.2, 0.25) is 0 Å². The Morgan fingerprint density at radius 2 is 0.983 bits per heavy atom. The van der Waals surface area contributed by atoms with E-state index in [1.807, 2.05) is 0 Å². The summed E-state index contributed by atoms with van der Waals surface area (Å²) >= 11 is 0. The Morgan fingerprint density at radius 3 is 1.49 bits per heavy atom. The number of phosphoric acid groups is 1. The number of aliphatic hydroxyl groups is 1. The SMILES string of the molecule is CC/C=C\C/C=C\C/C=C\C/C=C\C/C=C\CCCCCCCCCC(=O)NC(COP(=O)(O)OCC(O)COC(=O)CCCCCCC/C=C\CCCCC)C(=O)O. The van der Waals surface area contributed by atoms with Crippen LogP contribution in [-0.2, 0) is 32.7 Å². The van der Waals surface area contributed by atoms with Gasteiger partial charge in [0, 0.05) is 12.8 Å². The highest BCUT2D eigenvalue weighted by molar-refractivity contribution is 7.47. The molecule has 0 heterocycles. The Morgan fingerprint density at radius 1 is 0.559 bits per heavy atom. The highest BCUT2D eigenvalue weighted by atomic mass is 31.2. The molecule has 0 aromatic carbocycles. The minimum absolute atomic E-state index is 0.128. The van der Waals surface area contributed by atoms with Gasteiger partial charge in [-0.25, -0.2) is 9.36 Å². The summed E-state index contributed by atoms with van der Waals surface area (Å²) in [7, 11) is -4.76. The molecule has 1 amide bonds. The zero-order valence-corrected chi connectivity index (χ0v) is 37.4. The molecule has 0 aromatic rings. The zero-order valence-electron chi connectivity index (χ0n) is 36.5. The third-order valence-electron chi connectivity index (χ3n) is 9.23.